The number of ether oxygens (including phenoxy) is 6. The predicted octanol–water partition coefficient (Wildman–Crippen LogP) is 5.51. The van der Waals surface area contributed by atoms with Crippen LogP contribution in [0.15, 0.2) is 48.6 Å². The zero-order valence-corrected chi connectivity index (χ0v) is 19.6. The molecule has 1 aliphatic rings. The highest BCUT2D eigenvalue weighted by Gasteiger charge is 2.29. The third kappa shape index (κ3) is 4.64. The number of allylic oxidation sites excluding steroid dienone is 4. The molecular weight excluding hydrogens is 408 g/mol. The van der Waals surface area contributed by atoms with Crippen LogP contribution in [0.5, 0.6) is 34.5 Å². The van der Waals surface area contributed by atoms with Gasteiger partial charge in [0.05, 0.1) is 42.7 Å². The van der Waals surface area contributed by atoms with Crippen LogP contribution in [0.25, 0.3) is 0 Å². The first-order chi connectivity index (χ1) is 15.6. The van der Waals surface area contributed by atoms with Gasteiger partial charge in [0.15, 0.2) is 23.0 Å². The fraction of sp³-hybridized carbons (Fsp3) is 0.385. The second kappa shape index (κ2) is 10.8. The molecule has 32 heavy (non-hydrogen) atoms. The highest BCUT2D eigenvalue weighted by atomic mass is 16.5. The van der Waals surface area contributed by atoms with E-state index in [0.29, 0.717) is 23.0 Å². The first-order valence-corrected chi connectivity index (χ1v) is 10.5. The van der Waals surface area contributed by atoms with Crippen LogP contribution < -0.4 is 28.4 Å². The molecule has 0 aliphatic heterocycles. The molecule has 0 bridgehead atoms. The highest BCUT2D eigenvalue weighted by molar-refractivity contribution is 5.57. The van der Waals surface area contributed by atoms with Gasteiger partial charge in [0.2, 0.25) is 0 Å². The van der Waals surface area contributed by atoms with Gasteiger partial charge in [-0.2, -0.15) is 0 Å². The van der Waals surface area contributed by atoms with Crippen LogP contribution in [-0.2, 0) is 0 Å². The first kappa shape index (κ1) is 23.4. The quantitative estimate of drug-likeness (QED) is 0.505. The zero-order chi connectivity index (χ0) is 23.1. The van der Waals surface area contributed by atoms with Crippen LogP contribution in [0.4, 0.5) is 0 Å². The molecule has 0 unspecified atom stereocenters. The molecule has 6 nitrogen and oxygen atoms in total. The van der Waals surface area contributed by atoms with Crippen LogP contribution in [0.3, 0.4) is 0 Å². The van der Waals surface area contributed by atoms with Crippen LogP contribution in [0, 0.1) is 0 Å². The van der Waals surface area contributed by atoms with E-state index in [9.17, 15) is 0 Å². The second-order valence-corrected chi connectivity index (χ2v) is 7.38. The molecule has 0 amide bonds. The van der Waals surface area contributed by atoms with Gasteiger partial charge < -0.3 is 28.4 Å². The molecule has 1 aliphatic carbocycles. The van der Waals surface area contributed by atoms with Crippen molar-refractivity contribution in [3.8, 4) is 34.5 Å². The van der Waals surface area contributed by atoms with E-state index in [4.69, 9.17) is 28.4 Å². The summed E-state index contributed by atoms with van der Waals surface area (Å²) in [7, 11) is 9.84. The van der Waals surface area contributed by atoms with Crippen molar-refractivity contribution in [1.82, 2.24) is 0 Å². The predicted molar refractivity (Wildman–Crippen MR) is 125 cm³/mol. The average molecular weight is 441 g/mol. The molecule has 0 saturated carbocycles. The second-order valence-electron chi connectivity index (χ2n) is 7.38. The van der Waals surface area contributed by atoms with Crippen molar-refractivity contribution in [3.63, 3.8) is 0 Å². The molecule has 0 aromatic heterocycles. The van der Waals surface area contributed by atoms with Gasteiger partial charge in [-0.25, -0.2) is 0 Å². The number of benzene rings is 2. The third-order valence-corrected chi connectivity index (χ3v) is 5.76. The van der Waals surface area contributed by atoms with Crippen molar-refractivity contribution in [1.29, 1.82) is 0 Å². The van der Waals surface area contributed by atoms with E-state index in [-0.39, 0.29) is 11.8 Å². The minimum Gasteiger partial charge on any atom is -0.496 e. The smallest absolute Gasteiger partial charge is 0.164 e. The molecule has 0 N–H and O–H groups in total. The maximum atomic E-state index is 5.77. The van der Waals surface area contributed by atoms with Gasteiger partial charge in [-0.15, -0.1) is 0 Å². The lowest BCUT2D eigenvalue weighted by Crippen LogP contribution is -2.12. The van der Waals surface area contributed by atoms with Crippen LogP contribution in [0.2, 0.25) is 0 Å². The number of rotatable bonds is 8. The minimum atomic E-state index is -0.0340. The summed E-state index contributed by atoms with van der Waals surface area (Å²) in [6, 6.07) is 7.71. The van der Waals surface area contributed by atoms with Crippen molar-refractivity contribution in [2.45, 2.75) is 24.7 Å². The number of hydrogen-bond donors (Lipinski definition) is 0. The summed E-state index contributed by atoms with van der Waals surface area (Å²) in [4.78, 5) is 0. The van der Waals surface area contributed by atoms with E-state index in [1.165, 1.54) is 0 Å². The summed E-state index contributed by atoms with van der Waals surface area (Å²) in [5.74, 6) is 3.95. The largest absolute Gasteiger partial charge is 0.496 e. The molecule has 2 aromatic rings. The van der Waals surface area contributed by atoms with Gasteiger partial charge in [-0.1, -0.05) is 24.3 Å². The standard InChI is InChI=1S/C26H32O6/c1-27-21-15-25(31-5)23(29-3)13-19(21)17-11-9-7-8-10-12-18(17)20-14-24(30-4)26(32-6)16-22(20)28-2/h9-18H,7-8H2,1-6H3/t17-,18+. The van der Waals surface area contributed by atoms with E-state index in [0.717, 1.165) is 35.5 Å². The van der Waals surface area contributed by atoms with E-state index < -0.39 is 0 Å². The van der Waals surface area contributed by atoms with Gasteiger partial charge in [0, 0.05) is 35.1 Å². The average Bonchev–Trinajstić information content (AvgIpc) is 2.82. The summed E-state index contributed by atoms with van der Waals surface area (Å²) in [5, 5.41) is 0. The fourth-order valence-corrected chi connectivity index (χ4v) is 4.14. The molecule has 2 atom stereocenters. The summed E-state index contributed by atoms with van der Waals surface area (Å²) in [6.45, 7) is 0. The normalized spacial score (nSPS) is 17.8. The van der Waals surface area contributed by atoms with E-state index in [1.54, 1.807) is 42.7 Å². The molecule has 0 radical (unpaired) electrons. The Kier molecular flexibility index (Phi) is 7.92. The SMILES string of the molecule is COc1cc(OC)c([C@H]2C=CCCC=C[C@H]2c2cc(OC)c(OC)cc2OC)cc1OC. The lowest BCUT2D eigenvalue weighted by Gasteiger charge is -2.28. The molecular formula is C26H32O6. The van der Waals surface area contributed by atoms with Crippen LogP contribution in [0.1, 0.15) is 35.8 Å². The molecule has 0 fully saturated rings. The Morgan fingerprint density at radius 3 is 1.09 bits per heavy atom. The van der Waals surface area contributed by atoms with E-state index in [2.05, 4.69) is 24.3 Å². The Balaban J connectivity index is 2.23. The van der Waals surface area contributed by atoms with Gasteiger partial charge in [-0.05, 0) is 25.0 Å². The van der Waals surface area contributed by atoms with Gasteiger partial charge in [0.1, 0.15) is 11.5 Å². The van der Waals surface area contributed by atoms with Crippen molar-refractivity contribution in [3.05, 3.63) is 59.7 Å². The van der Waals surface area contributed by atoms with Gasteiger partial charge in [-0.3, -0.25) is 0 Å². The molecule has 3 rings (SSSR count). The topological polar surface area (TPSA) is 55.4 Å². The lowest BCUT2D eigenvalue weighted by molar-refractivity contribution is 0.345. The maximum Gasteiger partial charge on any atom is 0.164 e. The van der Waals surface area contributed by atoms with Crippen molar-refractivity contribution in [2.75, 3.05) is 42.7 Å². The summed E-state index contributed by atoms with van der Waals surface area (Å²) in [6.07, 6.45) is 10.8. The Morgan fingerprint density at radius 1 is 0.469 bits per heavy atom. The molecule has 2 aromatic carbocycles. The third-order valence-electron chi connectivity index (χ3n) is 5.76. The Bertz CT molecular complexity index is 899. The fourth-order valence-electron chi connectivity index (χ4n) is 4.14. The number of methoxy groups -OCH3 is 6. The summed E-state index contributed by atoms with van der Waals surface area (Å²) < 4.78 is 33.7. The van der Waals surface area contributed by atoms with Crippen LogP contribution >= 0.6 is 0 Å². The van der Waals surface area contributed by atoms with E-state index in [1.807, 2.05) is 24.3 Å². The molecule has 172 valence electrons. The Morgan fingerprint density at radius 2 is 0.781 bits per heavy atom. The van der Waals surface area contributed by atoms with Crippen LogP contribution in [-0.4, -0.2) is 42.7 Å². The molecule has 0 heterocycles. The lowest BCUT2D eigenvalue weighted by atomic mass is 9.78. The van der Waals surface area contributed by atoms with E-state index >= 15 is 0 Å². The van der Waals surface area contributed by atoms with Crippen molar-refractivity contribution >= 4 is 0 Å². The Hall–Kier alpha value is -3.28. The number of hydrogen-bond acceptors (Lipinski definition) is 6. The minimum absolute atomic E-state index is 0.0340. The Labute approximate surface area is 190 Å². The van der Waals surface area contributed by atoms with Crippen molar-refractivity contribution < 1.29 is 28.4 Å². The monoisotopic (exact) mass is 440 g/mol. The maximum absolute atomic E-state index is 5.77. The van der Waals surface area contributed by atoms with Gasteiger partial charge in [0.25, 0.3) is 0 Å². The highest BCUT2D eigenvalue weighted by Crippen LogP contribution is 2.48. The zero-order valence-electron chi connectivity index (χ0n) is 19.6. The summed E-state index contributed by atoms with van der Waals surface area (Å²) in [5.41, 5.74) is 1.99. The van der Waals surface area contributed by atoms with Gasteiger partial charge >= 0.3 is 0 Å². The summed E-state index contributed by atoms with van der Waals surface area (Å²) >= 11 is 0. The molecule has 6 heteroatoms. The molecule has 0 saturated heterocycles. The van der Waals surface area contributed by atoms with Crippen molar-refractivity contribution in [2.24, 2.45) is 0 Å². The first-order valence-electron chi connectivity index (χ1n) is 10.5. The molecule has 0 spiro atoms.